The molecule has 0 spiro atoms. The zero-order valence-electron chi connectivity index (χ0n) is 10.6. The molecule has 1 heterocycles. The molecule has 2 aromatic rings. The third-order valence-electron chi connectivity index (χ3n) is 2.72. The number of rotatable bonds is 3. The second-order valence-electron chi connectivity index (χ2n) is 4.24. The van der Waals surface area contributed by atoms with Gasteiger partial charge in [0.25, 0.3) is 0 Å². The number of carbonyl (C=O) groups is 1. The van der Waals surface area contributed by atoms with Gasteiger partial charge in [0.1, 0.15) is 0 Å². The molecule has 5 heteroatoms. The van der Waals surface area contributed by atoms with Crippen LogP contribution in [-0.2, 0) is 7.05 Å². The summed E-state index contributed by atoms with van der Waals surface area (Å²) in [4.78, 5) is 13.0. The predicted octanol–water partition coefficient (Wildman–Crippen LogP) is 1.85. The highest BCUT2D eigenvalue weighted by Crippen LogP contribution is 2.32. The summed E-state index contributed by atoms with van der Waals surface area (Å²) in [5, 5.41) is 13.3. The molecule has 1 aromatic carbocycles. The van der Waals surface area contributed by atoms with Gasteiger partial charge in [-0.2, -0.15) is 5.10 Å². The molecule has 0 aliphatic rings. The zero-order valence-corrected chi connectivity index (χ0v) is 10.6. The largest absolute Gasteiger partial charge is 0.476 e. The molecule has 18 heavy (non-hydrogen) atoms. The molecule has 1 aromatic heterocycles. The first kappa shape index (κ1) is 12.2. The smallest absolute Gasteiger partial charge is 0.358 e. The number of aromatic nitrogens is 2. The van der Waals surface area contributed by atoms with Crippen molar-refractivity contribution in [2.75, 3.05) is 19.0 Å². The molecule has 0 fully saturated rings. The summed E-state index contributed by atoms with van der Waals surface area (Å²) >= 11 is 0. The monoisotopic (exact) mass is 245 g/mol. The van der Waals surface area contributed by atoms with Crippen LogP contribution in [0.5, 0.6) is 0 Å². The van der Waals surface area contributed by atoms with Crippen LogP contribution < -0.4 is 4.90 Å². The van der Waals surface area contributed by atoms with Gasteiger partial charge in [-0.1, -0.05) is 30.3 Å². The van der Waals surface area contributed by atoms with Gasteiger partial charge in [0.2, 0.25) is 0 Å². The Bertz CT molecular complexity index is 573. The number of carboxylic acid groups (broad SMARTS) is 1. The van der Waals surface area contributed by atoms with Crippen LogP contribution in [0.2, 0.25) is 0 Å². The molecule has 5 nitrogen and oxygen atoms in total. The molecule has 2 rings (SSSR count). The SMILES string of the molecule is CN(C)c1c(C(=O)O)nn(C)c1-c1ccccc1. The lowest BCUT2D eigenvalue weighted by atomic mass is 10.1. The average Bonchev–Trinajstić information content (AvgIpc) is 2.68. The number of aromatic carboxylic acids is 1. The standard InChI is InChI=1S/C13H15N3O2/c1-15(2)12-10(13(17)18)14-16(3)11(12)9-7-5-4-6-8-9/h4-8H,1-3H3,(H,17,18). The summed E-state index contributed by atoms with van der Waals surface area (Å²) in [6.45, 7) is 0. The van der Waals surface area contributed by atoms with E-state index in [4.69, 9.17) is 0 Å². The third kappa shape index (κ3) is 1.95. The maximum absolute atomic E-state index is 11.2. The van der Waals surface area contributed by atoms with Gasteiger partial charge in [-0.3, -0.25) is 4.68 Å². The number of hydrogen-bond donors (Lipinski definition) is 1. The van der Waals surface area contributed by atoms with Gasteiger partial charge in [0.15, 0.2) is 5.69 Å². The maximum atomic E-state index is 11.2. The van der Waals surface area contributed by atoms with E-state index in [-0.39, 0.29) is 5.69 Å². The van der Waals surface area contributed by atoms with Crippen LogP contribution in [0.25, 0.3) is 11.3 Å². The van der Waals surface area contributed by atoms with Crippen molar-refractivity contribution >= 4 is 11.7 Å². The Labute approximate surface area is 105 Å². The Morgan fingerprint density at radius 2 is 1.89 bits per heavy atom. The number of carboxylic acids is 1. The first-order valence-corrected chi connectivity index (χ1v) is 5.55. The van der Waals surface area contributed by atoms with Crippen molar-refractivity contribution in [1.29, 1.82) is 0 Å². The number of hydrogen-bond acceptors (Lipinski definition) is 3. The fourth-order valence-corrected chi connectivity index (χ4v) is 2.00. The number of benzene rings is 1. The van der Waals surface area contributed by atoms with E-state index in [9.17, 15) is 9.90 Å². The van der Waals surface area contributed by atoms with E-state index in [2.05, 4.69) is 5.10 Å². The molecule has 0 saturated heterocycles. The second-order valence-corrected chi connectivity index (χ2v) is 4.24. The molecule has 0 radical (unpaired) electrons. The van der Waals surface area contributed by atoms with Crippen LogP contribution in [0.1, 0.15) is 10.5 Å². The highest BCUT2D eigenvalue weighted by Gasteiger charge is 2.23. The summed E-state index contributed by atoms with van der Waals surface area (Å²) < 4.78 is 1.61. The molecular weight excluding hydrogens is 230 g/mol. The minimum Gasteiger partial charge on any atom is -0.476 e. The van der Waals surface area contributed by atoms with Gasteiger partial charge in [-0.25, -0.2) is 4.79 Å². The lowest BCUT2D eigenvalue weighted by molar-refractivity contribution is 0.0690. The fourth-order valence-electron chi connectivity index (χ4n) is 2.00. The Morgan fingerprint density at radius 3 is 2.39 bits per heavy atom. The van der Waals surface area contributed by atoms with Gasteiger partial charge in [-0.15, -0.1) is 0 Å². The van der Waals surface area contributed by atoms with Crippen molar-refractivity contribution < 1.29 is 9.90 Å². The second kappa shape index (κ2) is 4.52. The molecule has 0 bridgehead atoms. The molecule has 0 aliphatic heterocycles. The summed E-state index contributed by atoms with van der Waals surface area (Å²) in [5.41, 5.74) is 2.44. The van der Waals surface area contributed by atoms with Crippen LogP contribution in [0.4, 0.5) is 5.69 Å². The third-order valence-corrected chi connectivity index (χ3v) is 2.72. The van der Waals surface area contributed by atoms with E-state index in [1.165, 1.54) is 0 Å². The topological polar surface area (TPSA) is 58.4 Å². The van der Waals surface area contributed by atoms with E-state index in [0.717, 1.165) is 11.3 Å². The van der Waals surface area contributed by atoms with E-state index < -0.39 is 5.97 Å². The van der Waals surface area contributed by atoms with Gasteiger partial charge in [0.05, 0.1) is 11.4 Å². The fraction of sp³-hybridized carbons (Fsp3) is 0.231. The van der Waals surface area contributed by atoms with Crippen molar-refractivity contribution in [1.82, 2.24) is 9.78 Å². The number of anilines is 1. The van der Waals surface area contributed by atoms with Crippen LogP contribution in [-0.4, -0.2) is 35.0 Å². The van der Waals surface area contributed by atoms with Crippen LogP contribution in [0.15, 0.2) is 30.3 Å². The lowest BCUT2D eigenvalue weighted by Crippen LogP contribution is -2.13. The molecule has 1 N–H and O–H groups in total. The minimum atomic E-state index is -1.02. The molecule has 0 amide bonds. The first-order valence-electron chi connectivity index (χ1n) is 5.55. The van der Waals surface area contributed by atoms with Crippen molar-refractivity contribution in [3.05, 3.63) is 36.0 Å². The Kier molecular flexibility index (Phi) is 3.06. The van der Waals surface area contributed by atoms with E-state index in [1.54, 1.807) is 16.6 Å². The normalized spacial score (nSPS) is 10.4. The summed E-state index contributed by atoms with van der Waals surface area (Å²) in [7, 11) is 5.38. The van der Waals surface area contributed by atoms with Gasteiger partial charge in [-0.05, 0) is 0 Å². The van der Waals surface area contributed by atoms with Crippen LogP contribution in [0, 0.1) is 0 Å². The lowest BCUT2D eigenvalue weighted by Gasteiger charge is -2.14. The molecular formula is C13H15N3O2. The highest BCUT2D eigenvalue weighted by molar-refractivity contribution is 5.97. The Morgan fingerprint density at radius 1 is 1.28 bits per heavy atom. The van der Waals surface area contributed by atoms with E-state index in [1.807, 2.05) is 44.4 Å². The van der Waals surface area contributed by atoms with Gasteiger partial charge >= 0.3 is 5.97 Å². The van der Waals surface area contributed by atoms with E-state index >= 15 is 0 Å². The maximum Gasteiger partial charge on any atom is 0.358 e. The zero-order chi connectivity index (χ0) is 13.3. The minimum absolute atomic E-state index is 0.0707. The Hall–Kier alpha value is -2.30. The summed E-state index contributed by atoms with van der Waals surface area (Å²) in [6, 6.07) is 9.64. The highest BCUT2D eigenvalue weighted by atomic mass is 16.4. The Balaban J connectivity index is 2.71. The van der Waals surface area contributed by atoms with Crippen molar-refractivity contribution in [3.63, 3.8) is 0 Å². The van der Waals surface area contributed by atoms with E-state index in [0.29, 0.717) is 5.69 Å². The predicted molar refractivity (Wildman–Crippen MR) is 69.9 cm³/mol. The van der Waals surface area contributed by atoms with Crippen LogP contribution in [0.3, 0.4) is 0 Å². The van der Waals surface area contributed by atoms with Crippen molar-refractivity contribution in [2.45, 2.75) is 0 Å². The quantitative estimate of drug-likeness (QED) is 0.896. The average molecular weight is 245 g/mol. The number of nitrogens with zero attached hydrogens (tertiary/aromatic N) is 3. The number of aryl methyl sites for hydroxylation is 1. The molecule has 94 valence electrons. The summed E-state index contributed by atoms with van der Waals surface area (Å²) in [5.74, 6) is -1.02. The first-order chi connectivity index (χ1) is 8.52. The van der Waals surface area contributed by atoms with Gasteiger partial charge in [0, 0.05) is 26.7 Å². The van der Waals surface area contributed by atoms with Crippen molar-refractivity contribution in [2.24, 2.45) is 7.05 Å². The van der Waals surface area contributed by atoms with Crippen molar-refractivity contribution in [3.8, 4) is 11.3 Å². The molecule has 0 aliphatic carbocycles. The van der Waals surface area contributed by atoms with Gasteiger partial charge < -0.3 is 10.0 Å². The molecule has 0 unspecified atom stereocenters. The van der Waals surface area contributed by atoms with Crippen LogP contribution >= 0.6 is 0 Å². The molecule has 0 atom stereocenters. The molecule has 0 saturated carbocycles. The summed E-state index contributed by atoms with van der Waals surface area (Å²) in [6.07, 6.45) is 0.